The number of nitrogens with zero attached hydrogens (tertiary/aromatic N) is 1. The van der Waals surface area contributed by atoms with Crippen LogP contribution < -0.4 is 11.1 Å². The molecule has 0 aliphatic rings. The van der Waals surface area contributed by atoms with Gasteiger partial charge in [0.1, 0.15) is 0 Å². The van der Waals surface area contributed by atoms with Gasteiger partial charge in [-0.15, -0.1) is 0 Å². The molecule has 0 saturated heterocycles. The summed E-state index contributed by atoms with van der Waals surface area (Å²) in [5.41, 5.74) is 7.60. The first kappa shape index (κ1) is 13.8. The third-order valence-corrected chi connectivity index (χ3v) is 3.35. The van der Waals surface area contributed by atoms with Gasteiger partial charge in [-0.2, -0.15) is 5.10 Å². The summed E-state index contributed by atoms with van der Waals surface area (Å²) in [5.74, 6) is -0.770. The van der Waals surface area contributed by atoms with E-state index in [9.17, 15) is 9.59 Å². The minimum Gasteiger partial charge on any atom is -0.366 e. The summed E-state index contributed by atoms with van der Waals surface area (Å²) in [6, 6.07) is 14.3. The van der Waals surface area contributed by atoms with Crippen molar-refractivity contribution in [1.29, 1.82) is 0 Å². The maximum absolute atomic E-state index is 12.2. The molecule has 2 amide bonds. The molecule has 0 bridgehead atoms. The molecule has 0 radical (unpaired) electrons. The normalized spacial score (nSPS) is 10.5. The summed E-state index contributed by atoms with van der Waals surface area (Å²) < 4.78 is 0. The lowest BCUT2D eigenvalue weighted by Crippen LogP contribution is -2.23. The van der Waals surface area contributed by atoms with Crippen LogP contribution in [-0.2, 0) is 6.54 Å². The van der Waals surface area contributed by atoms with Gasteiger partial charge in [0.25, 0.3) is 5.91 Å². The van der Waals surface area contributed by atoms with Crippen LogP contribution in [0.5, 0.6) is 0 Å². The minimum atomic E-state index is -0.494. The average Bonchev–Trinajstić information content (AvgIpc) is 2.97. The Labute approximate surface area is 126 Å². The Balaban J connectivity index is 1.75. The van der Waals surface area contributed by atoms with Crippen LogP contribution in [0.4, 0.5) is 0 Å². The number of H-pyrrole nitrogens is 1. The van der Waals surface area contributed by atoms with Gasteiger partial charge >= 0.3 is 0 Å². The van der Waals surface area contributed by atoms with E-state index in [1.54, 1.807) is 18.2 Å². The number of hydrogen-bond acceptors (Lipinski definition) is 3. The highest BCUT2D eigenvalue weighted by molar-refractivity contribution is 6.04. The lowest BCUT2D eigenvalue weighted by Gasteiger charge is -2.05. The zero-order valence-electron chi connectivity index (χ0n) is 11.7. The number of primary amides is 1. The number of aromatic nitrogens is 2. The predicted molar refractivity (Wildman–Crippen MR) is 82.2 cm³/mol. The van der Waals surface area contributed by atoms with E-state index in [4.69, 9.17) is 5.73 Å². The number of nitrogens with two attached hydrogens (primary N) is 1. The number of aromatic amines is 1. The van der Waals surface area contributed by atoms with E-state index in [-0.39, 0.29) is 5.91 Å². The van der Waals surface area contributed by atoms with Gasteiger partial charge in [0.2, 0.25) is 5.91 Å². The SMILES string of the molecule is NC(=O)c1cccc(CNC(=O)c2n[nH]c3ccccc23)c1. The molecule has 6 heteroatoms. The van der Waals surface area contributed by atoms with Crippen LogP contribution in [0.1, 0.15) is 26.4 Å². The number of para-hydroxylation sites is 1. The number of benzene rings is 2. The Morgan fingerprint density at radius 1 is 1.14 bits per heavy atom. The van der Waals surface area contributed by atoms with E-state index in [0.29, 0.717) is 17.8 Å². The first-order valence-corrected chi connectivity index (χ1v) is 6.75. The van der Waals surface area contributed by atoms with Gasteiger partial charge in [0, 0.05) is 17.5 Å². The van der Waals surface area contributed by atoms with Gasteiger partial charge in [-0.25, -0.2) is 0 Å². The first-order chi connectivity index (χ1) is 10.6. The van der Waals surface area contributed by atoms with Crippen molar-refractivity contribution in [2.45, 2.75) is 6.54 Å². The monoisotopic (exact) mass is 294 g/mol. The zero-order valence-corrected chi connectivity index (χ0v) is 11.7. The number of rotatable bonds is 4. The molecule has 0 atom stereocenters. The molecular formula is C16H14N4O2. The van der Waals surface area contributed by atoms with Crippen LogP contribution in [0.25, 0.3) is 10.9 Å². The quantitative estimate of drug-likeness (QED) is 0.681. The van der Waals surface area contributed by atoms with Crippen LogP contribution in [0.15, 0.2) is 48.5 Å². The standard InChI is InChI=1S/C16H14N4O2/c17-15(21)11-5-3-4-10(8-11)9-18-16(22)14-12-6-1-2-7-13(12)19-20-14/h1-8H,9H2,(H2,17,21)(H,18,22)(H,19,20). The van der Waals surface area contributed by atoms with Crippen molar-refractivity contribution in [1.82, 2.24) is 15.5 Å². The minimum absolute atomic E-state index is 0.276. The van der Waals surface area contributed by atoms with Crippen molar-refractivity contribution in [2.75, 3.05) is 0 Å². The van der Waals surface area contributed by atoms with E-state index < -0.39 is 5.91 Å². The van der Waals surface area contributed by atoms with Crippen LogP contribution in [0.2, 0.25) is 0 Å². The average molecular weight is 294 g/mol. The molecule has 110 valence electrons. The second-order valence-electron chi connectivity index (χ2n) is 4.87. The molecule has 4 N–H and O–H groups in total. The van der Waals surface area contributed by atoms with Crippen LogP contribution in [0, 0.1) is 0 Å². The highest BCUT2D eigenvalue weighted by Gasteiger charge is 2.13. The van der Waals surface area contributed by atoms with Crippen molar-refractivity contribution < 1.29 is 9.59 Å². The zero-order chi connectivity index (χ0) is 15.5. The number of amides is 2. The maximum atomic E-state index is 12.2. The Kier molecular flexibility index (Phi) is 3.57. The fourth-order valence-electron chi connectivity index (χ4n) is 2.24. The molecule has 2 aromatic carbocycles. The fourth-order valence-corrected chi connectivity index (χ4v) is 2.24. The summed E-state index contributed by atoms with van der Waals surface area (Å²) in [5, 5.41) is 10.4. The van der Waals surface area contributed by atoms with Gasteiger partial charge in [-0.1, -0.05) is 30.3 Å². The van der Waals surface area contributed by atoms with E-state index in [1.807, 2.05) is 30.3 Å². The lowest BCUT2D eigenvalue weighted by molar-refractivity contribution is 0.0947. The molecule has 0 saturated carbocycles. The maximum Gasteiger partial charge on any atom is 0.272 e. The molecule has 1 aromatic heterocycles. The molecule has 3 aromatic rings. The lowest BCUT2D eigenvalue weighted by atomic mass is 10.1. The molecule has 0 aliphatic heterocycles. The Hall–Kier alpha value is -3.15. The number of hydrogen-bond donors (Lipinski definition) is 3. The number of carbonyl (C=O) groups is 2. The molecule has 6 nitrogen and oxygen atoms in total. The summed E-state index contributed by atoms with van der Waals surface area (Å²) in [4.78, 5) is 23.4. The summed E-state index contributed by atoms with van der Waals surface area (Å²) in [6.45, 7) is 0.293. The number of nitrogens with one attached hydrogen (secondary N) is 2. The van der Waals surface area contributed by atoms with Crippen molar-refractivity contribution in [3.63, 3.8) is 0 Å². The smallest absolute Gasteiger partial charge is 0.272 e. The molecule has 22 heavy (non-hydrogen) atoms. The predicted octanol–water partition coefficient (Wildman–Crippen LogP) is 1.59. The largest absolute Gasteiger partial charge is 0.366 e. The highest BCUT2D eigenvalue weighted by atomic mass is 16.2. The van der Waals surface area contributed by atoms with Crippen molar-refractivity contribution in [3.05, 3.63) is 65.4 Å². The van der Waals surface area contributed by atoms with E-state index in [1.165, 1.54) is 0 Å². The third-order valence-electron chi connectivity index (χ3n) is 3.35. The first-order valence-electron chi connectivity index (χ1n) is 6.75. The van der Waals surface area contributed by atoms with E-state index in [2.05, 4.69) is 15.5 Å². The van der Waals surface area contributed by atoms with Gasteiger partial charge in [0.05, 0.1) is 5.52 Å². The Morgan fingerprint density at radius 3 is 2.77 bits per heavy atom. The number of carbonyl (C=O) groups excluding carboxylic acids is 2. The highest BCUT2D eigenvalue weighted by Crippen LogP contribution is 2.15. The van der Waals surface area contributed by atoms with Crippen LogP contribution in [0.3, 0.4) is 0 Å². The molecule has 0 unspecified atom stereocenters. The van der Waals surface area contributed by atoms with Gasteiger partial charge < -0.3 is 11.1 Å². The number of fused-ring (bicyclic) bond motifs is 1. The fraction of sp³-hybridized carbons (Fsp3) is 0.0625. The molecule has 0 spiro atoms. The van der Waals surface area contributed by atoms with E-state index >= 15 is 0 Å². The molecule has 3 rings (SSSR count). The van der Waals surface area contributed by atoms with Crippen LogP contribution >= 0.6 is 0 Å². The molecule has 0 aliphatic carbocycles. The van der Waals surface area contributed by atoms with Crippen LogP contribution in [-0.4, -0.2) is 22.0 Å². The Morgan fingerprint density at radius 2 is 1.95 bits per heavy atom. The third kappa shape index (κ3) is 2.67. The topological polar surface area (TPSA) is 101 Å². The summed E-state index contributed by atoms with van der Waals surface area (Å²) >= 11 is 0. The van der Waals surface area contributed by atoms with Crippen molar-refractivity contribution >= 4 is 22.7 Å². The summed E-state index contributed by atoms with van der Waals surface area (Å²) in [6.07, 6.45) is 0. The second kappa shape index (κ2) is 5.69. The van der Waals surface area contributed by atoms with Crippen molar-refractivity contribution in [2.24, 2.45) is 5.73 Å². The Bertz CT molecular complexity index is 854. The molecule has 0 fully saturated rings. The summed E-state index contributed by atoms with van der Waals surface area (Å²) in [7, 11) is 0. The van der Waals surface area contributed by atoms with Gasteiger partial charge in [0.15, 0.2) is 5.69 Å². The second-order valence-corrected chi connectivity index (χ2v) is 4.87. The van der Waals surface area contributed by atoms with E-state index in [0.717, 1.165) is 16.5 Å². The van der Waals surface area contributed by atoms with Gasteiger partial charge in [-0.05, 0) is 23.8 Å². The molecule has 1 heterocycles. The molecular weight excluding hydrogens is 280 g/mol. The van der Waals surface area contributed by atoms with Crippen molar-refractivity contribution in [3.8, 4) is 0 Å². The van der Waals surface area contributed by atoms with Gasteiger partial charge in [-0.3, -0.25) is 14.7 Å².